The lowest BCUT2D eigenvalue weighted by Crippen LogP contribution is -2.30. The summed E-state index contributed by atoms with van der Waals surface area (Å²) in [5, 5.41) is 8.76. The molecule has 0 aliphatic rings. The van der Waals surface area contributed by atoms with Gasteiger partial charge in [0.05, 0.1) is 0 Å². The minimum Gasteiger partial charge on any atom is -0.490 e. The van der Waals surface area contributed by atoms with Crippen LogP contribution < -0.4 is 4.74 Å². The topological polar surface area (TPSA) is 55.8 Å². The molecule has 1 unspecified atom stereocenters. The van der Waals surface area contributed by atoms with Crippen molar-refractivity contribution in [2.45, 2.75) is 13.0 Å². The van der Waals surface area contributed by atoms with Gasteiger partial charge in [-0.1, -0.05) is 6.07 Å². The Kier molecular flexibility index (Phi) is 4.72. The highest BCUT2D eigenvalue weighted by molar-refractivity contribution is 5.72. The zero-order valence-electron chi connectivity index (χ0n) is 8.85. The Hall–Kier alpha value is -1.62. The molecule has 0 aromatic heterocycles. The Labute approximate surface area is 92.6 Å². The van der Waals surface area contributed by atoms with Crippen molar-refractivity contribution >= 4 is 5.97 Å². The molecular formula is C11H13FO4. The molecule has 88 valence electrons. The molecule has 0 aliphatic carbocycles. The number of halogens is 1. The van der Waals surface area contributed by atoms with Crippen molar-refractivity contribution in [1.82, 2.24) is 0 Å². The van der Waals surface area contributed by atoms with E-state index in [0.717, 1.165) is 0 Å². The summed E-state index contributed by atoms with van der Waals surface area (Å²) in [5.74, 6) is -1.25. The number of ether oxygens (including phenoxy) is 2. The third-order valence-corrected chi connectivity index (χ3v) is 1.84. The van der Waals surface area contributed by atoms with E-state index < -0.39 is 17.9 Å². The molecule has 1 N–H and O–H groups in total. The van der Waals surface area contributed by atoms with E-state index in [9.17, 15) is 9.18 Å². The van der Waals surface area contributed by atoms with E-state index in [0.29, 0.717) is 0 Å². The fraction of sp³-hybridized carbons (Fsp3) is 0.364. The summed E-state index contributed by atoms with van der Waals surface area (Å²) in [6.45, 7) is 1.83. The number of carboxylic acid groups (broad SMARTS) is 1. The normalized spacial score (nSPS) is 12.1. The molecule has 0 fully saturated rings. The van der Waals surface area contributed by atoms with E-state index in [4.69, 9.17) is 14.6 Å². The summed E-state index contributed by atoms with van der Waals surface area (Å²) >= 11 is 0. The van der Waals surface area contributed by atoms with E-state index >= 15 is 0 Å². The monoisotopic (exact) mass is 228 g/mol. The van der Waals surface area contributed by atoms with E-state index in [2.05, 4.69) is 0 Å². The lowest BCUT2D eigenvalue weighted by Gasteiger charge is -2.13. The smallest absolute Gasteiger partial charge is 0.336 e. The van der Waals surface area contributed by atoms with E-state index in [1.807, 2.05) is 0 Å². The average Bonchev–Trinajstić information content (AvgIpc) is 2.24. The van der Waals surface area contributed by atoms with Gasteiger partial charge in [0, 0.05) is 12.7 Å². The number of hydrogen-bond donors (Lipinski definition) is 1. The van der Waals surface area contributed by atoms with Gasteiger partial charge < -0.3 is 14.6 Å². The first kappa shape index (κ1) is 12.4. The molecule has 0 bridgehead atoms. The SMILES string of the molecule is CCOC(COc1cccc(F)c1)C(=O)O. The second-order valence-electron chi connectivity index (χ2n) is 3.05. The van der Waals surface area contributed by atoms with E-state index in [-0.39, 0.29) is 19.0 Å². The van der Waals surface area contributed by atoms with Crippen LogP contribution in [0.1, 0.15) is 6.92 Å². The number of hydrogen-bond acceptors (Lipinski definition) is 3. The molecule has 5 heteroatoms. The Balaban J connectivity index is 2.51. The molecule has 1 aromatic carbocycles. The van der Waals surface area contributed by atoms with Crippen molar-refractivity contribution in [3.05, 3.63) is 30.1 Å². The van der Waals surface area contributed by atoms with Crippen LogP contribution in [0.4, 0.5) is 4.39 Å². The minimum atomic E-state index is -1.10. The van der Waals surface area contributed by atoms with Gasteiger partial charge in [0.1, 0.15) is 18.2 Å². The zero-order chi connectivity index (χ0) is 12.0. The summed E-state index contributed by atoms with van der Waals surface area (Å²) in [6, 6.07) is 5.50. The van der Waals surface area contributed by atoms with Crippen LogP contribution >= 0.6 is 0 Å². The predicted octanol–water partition coefficient (Wildman–Crippen LogP) is 1.69. The van der Waals surface area contributed by atoms with E-state index in [1.54, 1.807) is 13.0 Å². The number of carbonyl (C=O) groups is 1. The van der Waals surface area contributed by atoms with Crippen LogP contribution in [-0.4, -0.2) is 30.4 Å². The number of aliphatic carboxylic acids is 1. The molecule has 0 spiro atoms. The molecule has 0 aliphatic heterocycles. The summed E-state index contributed by atoms with van der Waals surface area (Å²) in [7, 11) is 0. The first-order valence-electron chi connectivity index (χ1n) is 4.86. The lowest BCUT2D eigenvalue weighted by molar-refractivity contribution is -0.152. The fourth-order valence-electron chi connectivity index (χ4n) is 1.12. The van der Waals surface area contributed by atoms with Crippen molar-refractivity contribution in [1.29, 1.82) is 0 Å². The van der Waals surface area contributed by atoms with Crippen molar-refractivity contribution in [2.24, 2.45) is 0 Å². The molecular weight excluding hydrogens is 215 g/mol. The van der Waals surface area contributed by atoms with Crippen LogP contribution in [-0.2, 0) is 9.53 Å². The summed E-state index contributed by atoms with van der Waals surface area (Å²) < 4.78 is 22.8. The van der Waals surface area contributed by atoms with Crippen LogP contribution in [0.2, 0.25) is 0 Å². The zero-order valence-corrected chi connectivity index (χ0v) is 8.85. The second kappa shape index (κ2) is 6.07. The highest BCUT2D eigenvalue weighted by Crippen LogP contribution is 2.12. The molecule has 0 saturated heterocycles. The Morgan fingerprint density at radius 3 is 2.88 bits per heavy atom. The molecule has 0 radical (unpaired) electrons. The number of carboxylic acids is 1. The first-order chi connectivity index (χ1) is 7.63. The average molecular weight is 228 g/mol. The second-order valence-corrected chi connectivity index (χ2v) is 3.05. The van der Waals surface area contributed by atoms with Gasteiger partial charge in [-0.25, -0.2) is 9.18 Å². The van der Waals surface area contributed by atoms with Gasteiger partial charge >= 0.3 is 5.97 Å². The maximum Gasteiger partial charge on any atom is 0.336 e. The van der Waals surface area contributed by atoms with Gasteiger partial charge in [-0.05, 0) is 19.1 Å². The predicted molar refractivity (Wildman–Crippen MR) is 54.9 cm³/mol. The van der Waals surface area contributed by atoms with Crippen LogP contribution in [0.15, 0.2) is 24.3 Å². The lowest BCUT2D eigenvalue weighted by atomic mass is 10.3. The maximum atomic E-state index is 12.8. The summed E-state index contributed by atoms with van der Waals surface area (Å²) in [4.78, 5) is 10.7. The molecule has 0 heterocycles. The van der Waals surface area contributed by atoms with Gasteiger partial charge in [0.2, 0.25) is 0 Å². The standard InChI is InChI=1S/C11H13FO4/c1-2-15-10(11(13)14)7-16-9-5-3-4-8(12)6-9/h3-6,10H,2,7H2,1H3,(H,13,14). The maximum absolute atomic E-state index is 12.8. The third kappa shape index (κ3) is 3.86. The number of benzene rings is 1. The first-order valence-corrected chi connectivity index (χ1v) is 4.86. The van der Waals surface area contributed by atoms with Crippen LogP contribution in [0.5, 0.6) is 5.75 Å². The third-order valence-electron chi connectivity index (χ3n) is 1.84. The van der Waals surface area contributed by atoms with Gasteiger partial charge in [-0.2, -0.15) is 0 Å². The molecule has 16 heavy (non-hydrogen) atoms. The van der Waals surface area contributed by atoms with Crippen molar-refractivity contribution in [3.8, 4) is 5.75 Å². The molecule has 1 rings (SSSR count). The quantitative estimate of drug-likeness (QED) is 0.805. The van der Waals surface area contributed by atoms with Crippen molar-refractivity contribution in [3.63, 3.8) is 0 Å². The molecule has 1 atom stereocenters. The highest BCUT2D eigenvalue weighted by Gasteiger charge is 2.18. The van der Waals surface area contributed by atoms with Gasteiger partial charge in [0.15, 0.2) is 6.10 Å². The molecule has 0 saturated carbocycles. The minimum absolute atomic E-state index is 0.146. The Morgan fingerprint density at radius 2 is 2.31 bits per heavy atom. The van der Waals surface area contributed by atoms with Crippen LogP contribution in [0.25, 0.3) is 0 Å². The molecule has 4 nitrogen and oxygen atoms in total. The van der Waals surface area contributed by atoms with Gasteiger partial charge in [-0.15, -0.1) is 0 Å². The van der Waals surface area contributed by atoms with Crippen molar-refractivity contribution < 1.29 is 23.8 Å². The summed E-state index contributed by atoms with van der Waals surface area (Å²) in [6.07, 6.45) is -1.03. The van der Waals surface area contributed by atoms with Crippen LogP contribution in [0, 0.1) is 5.82 Å². The number of rotatable bonds is 6. The largest absolute Gasteiger partial charge is 0.490 e. The van der Waals surface area contributed by atoms with Crippen molar-refractivity contribution in [2.75, 3.05) is 13.2 Å². The highest BCUT2D eigenvalue weighted by atomic mass is 19.1. The molecule has 1 aromatic rings. The Morgan fingerprint density at radius 1 is 1.56 bits per heavy atom. The summed E-state index contributed by atoms with van der Waals surface area (Å²) in [5.41, 5.74) is 0. The molecule has 0 amide bonds. The van der Waals surface area contributed by atoms with E-state index in [1.165, 1.54) is 18.2 Å². The van der Waals surface area contributed by atoms with Gasteiger partial charge in [-0.3, -0.25) is 0 Å². The Bertz CT molecular complexity index is 354. The van der Waals surface area contributed by atoms with Crippen LogP contribution in [0.3, 0.4) is 0 Å². The van der Waals surface area contributed by atoms with Gasteiger partial charge in [0.25, 0.3) is 0 Å². The fourth-order valence-corrected chi connectivity index (χ4v) is 1.12.